The summed E-state index contributed by atoms with van der Waals surface area (Å²) in [6, 6.07) is 15.8. The van der Waals surface area contributed by atoms with Crippen molar-refractivity contribution in [2.24, 2.45) is 0 Å². The van der Waals surface area contributed by atoms with E-state index in [0.29, 0.717) is 5.39 Å². The molecule has 0 radical (unpaired) electrons. The molecule has 1 aromatic heterocycles. The molecule has 6 heteroatoms. The summed E-state index contributed by atoms with van der Waals surface area (Å²) in [7, 11) is 0. The van der Waals surface area contributed by atoms with Crippen molar-refractivity contribution in [2.75, 3.05) is 18.0 Å². The first kappa shape index (κ1) is 19.8. The van der Waals surface area contributed by atoms with E-state index in [1.807, 2.05) is 36.4 Å². The zero-order valence-electron chi connectivity index (χ0n) is 17.7. The number of rotatable bonds is 4. The lowest BCUT2D eigenvalue weighted by Gasteiger charge is -2.24. The number of benzene rings is 2. The van der Waals surface area contributed by atoms with Crippen molar-refractivity contribution in [2.45, 2.75) is 51.1 Å². The van der Waals surface area contributed by atoms with Crippen LogP contribution in [-0.4, -0.2) is 28.8 Å². The third-order valence-corrected chi connectivity index (χ3v) is 6.52. The van der Waals surface area contributed by atoms with Crippen molar-refractivity contribution in [1.29, 1.82) is 0 Å². The van der Waals surface area contributed by atoms with E-state index in [1.165, 1.54) is 28.7 Å². The predicted molar refractivity (Wildman–Crippen MR) is 122 cm³/mol. The molecular formula is C25H28N4O2. The minimum atomic E-state index is -0.212. The van der Waals surface area contributed by atoms with Gasteiger partial charge < -0.3 is 10.2 Å². The summed E-state index contributed by atoms with van der Waals surface area (Å²) in [5, 5.41) is 9.30. The molecule has 1 aliphatic heterocycles. The van der Waals surface area contributed by atoms with E-state index in [1.54, 1.807) is 0 Å². The fourth-order valence-corrected chi connectivity index (χ4v) is 4.92. The number of aromatic nitrogens is 2. The third kappa shape index (κ3) is 3.94. The molecule has 0 unspecified atom stereocenters. The van der Waals surface area contributed by atoms with Crippen LogP contribution in [0.15, 0.2) is 53.3 Å². The summed E-state index contributed by atoms with van der Waals surface area (Å²) in [4.78, 5) is 28.3. The molecule has 3 aromatic rings. The first-order valence-electron chi connectivity index (χ1n) is 11.3. The van der Waals surface area contributed by atoms with Crippen LogP contribution in [-0.2, 0) is 17.8 Å². The quantitative estimate of drug-likeness (QED) is 0.706. The number of fused-ring (bicyclic) bond motifs is 2. The fraction of sp³-hybridized carbons (Fsp3) is 0.400. The Balaban J connectivity index is 1.43. The van der Waals surface area contributed by atoms with Gasteiger partial charge in [-0.2, -0.15) is 5.10 Å². The van der Waals surface area contributed by atoms with Crippen LogP contribution in [0.3, 0.4) is 0 Å². The molecule has 1 amide bonds. The zero-order valence-corrected chi connectivity index (χ0v) is 17.7. The highest BCUT2D eigenvalue weighted by Gasteiger charge is 2.24. The van der Waals surface area contributed by atoms with Gasteiger partial charge in [0.25, 0.3) is 5.56 Å². The van der Waals surface area contributed by atoms with Crippen LogP contribution in [0.5, 0.6) is 0 Å². The first-order valence-corrected chi connectivity index (χ1v) is 11.3. The van der Waals surface area contributed by atoms with Crippen LogP contribution in [0.25, 0.3) is 10.8 Å². The number of anilines is 1. The maximum Gasteiger partial charge on any atom is 0.275 e. The molecule has 0 spiro atoms. The van der Waals surface area contributed by atoms with Crippen LogP contribution in [0, 0.1) is 0 Å². The van der Waals surface area contributed by atoms with Gasteiger partial charge in [-0.15, -0.1) is 0 Å². The van der Waals surface area contributed by atoms with Crippen LogP contribution in [0.2, 0.25) is 0 Å². The van der Waals surface area contributed by atoms with Crippen molar-refractivity contribution in [3.05, 3.63) is 70.0 Å². The van der Waals surface area contributed by atoms with Crippen molar-refractivity contribution in [3.8, 4) is 0 Å². The number of hydrogen-bond acceptors (Lipinski definition) is 4. The number of nitrogens with zero attached hydrogens (tertiary/aromatic N) is 3. The molecule has 1 aliphatic carbocycles. The van der Waals surface area contributed by atoms with Gasteiger partial charge in [0, 0.05) is 18.5 Å². The summed E-state index contributed by atoms with van der Waals surface area (Å²) in [5.74, 6) is 0.643. The predicted octanol–water partition coefficient (Wildman–Crippen LogP) is 3.58. The van der Waals surface area contributed by atoms with Gasteiger partial charge in [0.1, 0.15) is 6.54 Å². The first-order chi connectivity index (χ1) is 15.2. The van der Waals surface area contributed by atoms with Gasteiger partial charge in [-0.1, -0.05) is 55.3 Å². The molecule has 6 nitrogen and oxygen atoms in total. The van der Waals surface area contributed by atoms with Gasteiger partial charge in [0.05, 0.1) is 11.4 Å². The molecule has 2 aliphatic rings. The van der Waals surface area contributed by atoms with Gasteiger partial charge in [-0.3, -0.25) is 9.59 Å². The molecule has 0 saturated carbocycles. The molecule has 5 rings (SSSR count). The number of nitrogens with one attached hydrogen (secondary N) is 1. The van der Waals surface area contributed by atoms with E-state index < -0.39 is 0 Å². The monoisotopic (exact) mass is 416 g/mol. The maximum atomic E-state index is 13.1. The van der Waals surface area contributed by atoms with Crippen LogP contribution in [0.4, 0.5) is 5.82 Å². The summed E-state index contributed by atoms with van der Waals surface area (Å²) >= 11 is 0. The van der Waals surface area contributed by atoms with E-state index in [0.717, 1.165) is 50.0 Å². The Morgan fingerprint density at radius 2 is 1.68 bits per heavy atom. The Morgan fingerprint density at radius 3 is 2.48 bits per heavy atom. The minimum Gasteiger partial charge on any atom is -0.355 e. The Bertz CT molecular complexity index is 1160. The summed E-state index contributed by atoms with van der Waals surface area (Å²) < 4.78 is 1.35. The highest BCUT2D eigenvalue weighted by molar-refractivity contribution is 5.91. The molecule has 2 aromatic carbocycles. The van der Waals surface area contributed by atoms with E-state index in [4.69, 9.17) is 5.10 Å². The minimum absolute atomic E-state index is 0.00457. The highest BCUT2D eigenvalue weighted by atomic mass is 16.2. The van der Waals surface area contributed by atoms with Gasteiger partial charge in [0.15, 0.2) is 5.82 Å². The van der Waals surface area contributed by atoms with Crippen molar-refractivity contribution < 1.29 is 4.79 Å². The SMILES string of the molecule is O=C(Cn1nc(N2CCCCCC2)c2ccccc2c1=O)N[C@@H]1CCc2ccccc21. The Morgan fingerprint density at radius 1 is 0.968 bits per heavy atom. The Hall–Kier alpha value is -3.15. The lowest BCUT2D eigenvalue weighted by atomic mass is 10.1. The number of carbonyl (C=O) groups excluding carboxylic acids is 1. The van der Waals surface area contributed by atoms with Crippen LogP contribution >= 0.6 is 0 Å². The number of carbonyl (C=O) groups is 1. The second-order valence-electron chi connectivity index (χ2n) is 8.59. The molecule has 1 saturated heterocycles. The van der Waals surface area contributed by atoms with Gasteiger partial charge in [-0.25, -0.2) is 4.68 Å². The number of aryl methyl sites for hydroxylation is 1. The Kier molecular flexibility index (Phi) is 5.45. The van der Waals surface area contributed by atoms with E-state index in [9.17, 15) is 9.59 Å². The van der Waals surface area contributed by atoms with E-state index >= 15 is 0 Å². The number of amides is 1. The second-order valence-corrected chi connectivity index (χ2v) is 8.59. The van der Waals surface area contributed by atoms with Gasteiger partial charge in [0.2, 0.25) is 5.91 Å². The lowest BCUT2D eigenvalue weighted by molar-refractivity contribution is -0.122. The smallest absolute Gasteiger partial charge is 0.275 e. The molecule has 160 valence electrons. The van der Waals surface area contributed by atoms with Gasteiger partial charge in [-0.05, 0) is 42.9 Å². The standard InChI is InChI=1S/C25H28N4O2/c30-23(26-22-14-13-18-9-3-4-10-19(18)22)17-29-25(31)21-12-6-5-11-20(21)24(27-29)28-15-7-1-2-8-16-28/h3-6,9-12,22H,1-2,7-8,13-17H2,(H,26,30)/t22-/m1/s1. The van der Waals surface area contributed by atoms with Crippen LogP contribution in [0.1, 0.15) is 49.3 Å². The van der Waals surface area contributed by atoms with Crippen LogP contribution < -0.4 is 15.8 Å². The molecule has 0 bridgehead atoms. The normalized spacial score (nSPS) is 18.6. The topological polar surface area (TPSA) is 67.2 Å². The van der Waals surface area contributed by atoms with E-state index in [2.05, 4.69) is 22.3 Å². The zero-order chi connectivity index (χ0) is 21.2. The lowest BCUT2D eigenvalue weighted by Crippen LogP contribution is -2.37. The average Bonchev–Trinajstić information content (AvgIpc) is 3.00. The largest absolute Gasteiger partial charge is 0.355 e. The van der Waals surface area contributed by atoms with E-state index in [-0.39, 0.29) is 24.1 Å². The summed E-state index contributed by atoms with van der Waals surface area (Å²) in [5.41, 5.74) is 2.26. The molecule has 31 heavy (non-hydrogen) atoms. The molecule has 1 N–H and O–H groups in total. The second kappa shape index (κ2) is 8.53. The number of hydrogen-bond donors (Lipinski definition) is 1. The Labute approximate surface area is 181 Å². The van der Waals surface area contributed by atoms with Crippen molar-refractivity contribution >= 4 is 22.5 Å². The average molecular weight is 417 g/mol. The summed E-state index contributed by atoms with van der Waals surface area (Å²) in [6.45, 7) is 1.80. The van der Waals surface area contributed by atoms with Crippen molar-refractivity contribution in [3.63, 3.8) is 0 Å². The molecule has 1 fully saturated rings. The van der Waals surface area contributed by atoms with Crippen molar-refractivity contribution in [1.82, 2.24) is 15.1 Å². The third-order valence-electron chi connectivity index (χ3n) is 6.52. The maximum absolute atomic E-state index is 13.1. The highest BCUT2D eigenvalue weighted by Crippen LogP contribution is 2.30. The fourth-order valence-electron chi connectivity index (χ4n) is 4.92. The van der Waals surface area contributed by atoms with Gasteiger partial charge >= 0.3 is 0 Å². The molecule has 1 atom stereocenters. The molecule has 2 heterocycles. The summed E-state index contributed by atoms with van der Waals surface area (Å²) in [6.07, 6.45) is 6.55. The molecular weight excluding hydrogens is 388 g/mol.